The quantitative estimate of drug-likeness (QED) is 0.637. The van der Waals surface area contributed by atoms with Gasteiger partial charge in [-0.3, -0.25) is 19.0 Å². The van der Waals surface area contributed by atoms with Crippen molar-refractivity contribution in [3.63, 3.8) is 0 Å². The van der Waals surface area contributed by atoms with Gasteiger partial charge in [-0.05, 0) is 36.4 Å². The maximum absolute atomic E-state index is 13.0. The summed E-state index contributed by atoms with van der Waals surface area (Å²) >= 11 is 0. The van der Waals surface area contributed by atoms with E-state index < -0.39 is 0 Å². The lowest BCUT2D eigenvalue weighted by atomic mass is 10.1. The van der Waals surface area contributed by atoms with E-state index in [1.54, 1.807) is 42.5 Å². The molecule has 8 heteroatoms. The van der Waals surface area contributed by atoms with E-state index >= 15 is 0 Å². The van der Waals surface area contributed by atoms with Crippen LogP contribution in [0.2, 0.25) is 0 Å². The van der Waals surface area contributed by atoms with Gasteiger partial charge in [-0.25, -0.2) is 9.37 Å². The van der Waals surface area contributed by atoms with E-state index in [4.69, 9.17) is 0 Å². The molecule has 0 unspecified atom stereocenters. The van der Waals surface area contributed by atoms with E-state index in [9.17, 15) is 18.8 Å². The van der Waals surface area contributed by atoms with Crippen LogP contribution in [0.15, 0.2) is 71.8 Å². The Morgan fingerprint density at radius 1 is 1.00 bits per heavy atom. The van der Waals surface area contributed by atoms with Gasteiger partial charge in [-0.2, -0.15) is 0 Å². The molecule has 0 bridgehead atoms. The number of nitrogens with zero attached hydrogens (tertiary/aromatic N) is 2. The van der Waals surface area contributed by atoms with Crippen molar-refractivity contribution in [1.29, 1.82) is 0 Å². The molecule has 29 heavy (non-hydrogen) atoms. The van der Waals surface area contributed by atoms with Crippen LogP contribution >= 0.6 is 0 Å². The molecule has 7 nitrogen and oxygen atoms in total. The molecule has 148 valence electrons. The van der Waals surface area contributed by atoms with Gasteiger partial charge < -0.3 is 10.6 Å². The van der Waals surface area contributed by atoms with E-state index in [0.29, 0.717) is 16.8 Å². The lowest BCUT2D eigenvalue weighted by molar-refractivity contribution is -0.120. The minimum absolute atomic E-state index is 0.162. The van der Waals surface area contributed by atoms with E-state index in [-0.39, 0.29) is 42.8 Å². The highest BCUT2D eigenvalue weighted by atomic mass is 19.1. The maximum atomic E-state index is 13.0. The molecule has 0 aliphatic rings. The van der Waals surface area contributed by atoms with Crippen LogP contribution in [0, 0.1) is 5.82 Å². The van der Waals surface area contributed by atoms with Crippen molar-refractivity contribution in [2.24, 2.45) is 0 Å². The minimum Gasteiger partial charge on any atom is -0.353 e. The largest absolute Gasteiger partial charge is 0.353 e. The Hall–Kier alpha value is -3.81. The fourth-order valence-corrected chi connectivity index (χ4v) is 2.60. The van der Waals surface area contributed by atoms with Gasteiger partial charge in [0.25, 0.3) is 11.5 Å². The average molecular weight is 394 g/mol. The molecule has 2 N–H and O–H groups in total. The maximum Gasteiger partial charge on any atom is 0.253 e. The number of hydrogen-bond donors (Lipinski definition) is 2. The zero-order chi connectivity index (χ0) is 20.6. The van der Waals surface area contributed by atoms with Crippen molar-refractivity contribution in [3.05, 3.63) is 88.7 Å². The molecule has 0 aliphatic carbocycles. The number of nitrogens with one attached hydrogen (secondary N) is 2. The van der Waals surface area contributed by atoms with Gasteiger partial charge >= 0.3 is 0 Å². The van der Waals surface area contributed by atoms with E-state index in [1.807, 2.05) is 0 Å². The smallest absolute Gasteiger partial charge is 0.253 e. The van der Waals surface area contributed by atoms with E-state index in [0.717, 1.165) is 0 Å². The number of amides is 2. The monoisotopic (exact) mass is 394 g/mol. The predicted octanol–water partition coefficient (Wildman–Crippen LogP) is 1.60. The predicted molar refractivity (Wildman–Crippen MR) is 106 cm³/mol. The van der Waals surface area contributed by atoms with Crippen LogP contribution in [0.1, 0.15) is 10.4 Å². The normalized spacial score (nSPS) is 10.4. The lowest BCUT2D eigenvalue weighted by Gasteiger charge is -2.09. The summed E-state index contributed by atoms with van der Waals surface area (Å²) < 4.78 is 14.3. The highest BCUT2D eigenvalue weighted by Crippen LogP contribution is 2.14. The molecule has 3 rings (SSSR count). The number of carbonyl (C=O) groups excluding carboxylic acids is 2. The molecule has 0 fully saturated rings. The first kappa shape index (κ1) is 19.9. The van der Waals surface area contributed by atoms with Gasteiger partial charge in [-0.15, -0.1) is 0 Å². The molecular formula is C21H19FN4O3. The zero-order valence-electron chi connectivity index (χ0n) is 15.5. The highest BCUT2D eigenvalue weighted by molar-refractivity contribution is 5.96. The molecule has 1 aromatic heterocycles. The summed E-state index contributed by atoms with van der Waals surface area (Å²) in [5.41, 5.74) is 1.27. The number of aromatic nitrogens is 2. The molecule has 2 amide bonds. The summed E-state index contributed by atoms with van der Waals surface area (Å²) in [6.07, 6.45) is 1.38. The summed E-state index contributed by atoms with van der Waals surface area (Å²) in [5, 5.41) is 5.16. The topological polar surface area (TPSA) is 93.1 Å². The van der Waals surface area contributed by atoms with Crippen molar-refractivity contribution in [1.82, 2.24) is 20.2 Å². The fourth-order valence-electron chi connectivity index (χ4n) is 2.60. The standard InChI is InChI=1S/C21H19FN4O3/c22-17-8-6-15(7-9-17)18-12-20(28)26(14-25-18)11-10-23-19(27)13-24-21(29)16-4-2-1-3-5-16/h1-9,12,14H,10-11,13H2,(H,23,27)(H,24,29). The first-order valence-electron chi connectivity index (χ1n) is 8.95. The number of halogens is 1. The van der Waals surface area contributed by atoms with Gasteiger partial charge in [0.15, 0.2) is 0 Å². The number of rotatable bonds is 7. The number of benzene rings is 2. The summed E-state index contributed by atoms with van der Waals surface area (Å²) in [5.74, 6) is -1.06. The molecule has 0 saturated heterocycles. The SMILES string of the molecule is O=C(CNC(=O)c1ccccc1)NCCn1cnc(-c2ccc(F)cc2)cc1=O. The third-order valence-corrected chi connectivity index (χ3v) is 4.14. The first-order chi connectivity index (χ1) is 14.0. The highest BCUT2D eigenvalue weighted by Gasteiger charge is 2.08. The van der Waals surface area contributed by atoms with Gasteiger partial charge in [0.2, 0.25) is 5.91 Å². The van der Waals surface area contributed by atoms with Crippen LogP contribution in [0.4, 0.5) is 4.39 Å². The minimum atomic E-state index is -0.363. The fraction of sp³-hybridized carbons (Fsp3) is 0.143. The summed E-state index contributed by atoms with van der Waals surface area (Å²) in [6.45, 7) is 0.274. The summed E-state index contributed by atoms with van der Waals surface area (Å²) in [7, 11) is 0. The van der Waals surface area contributed by atoms with Crippen LogP contribution in [0.5, 0.6) is 0 Å². The van der Waals surface area contributed by atoms with Crippen molar-refractivity contribution in [2.75, 3.05) is 13.1 Å². The molecular weight excluding hydrogens is 375 g/mol. The van der Waals surface area contributed by atoms with Gasteiger partial charge in [0.05, 0.1) is 18.6 Å². The summed E-state index contributed by atoms with van der Waals surface area (Å²) in [4.78, 5) is 40.2. The molecule has 0 atom stereocenters. The third-order valence-electron chi connectivity index (χ3n) is 4.14. The molecule has 0 aliphatic heterocycles. The second kappa shape index (κ2) is 9.41. The van der Waals surface area contributed by atoms with Crippen LogP contribution in [-0.2, 0) is 11.3 Å². The number of carbonyl (C=O) groups is 2. The molecule has 3 aromatic rings. The van der Waals surface area contributed by atoms with Crippen LogP contribution in [0.25, 0.3) is 11.3 Å². The molecule has 0 saturated carbocycles. The first-order valence-corrected chi connectivity index (χ1v) is 8.95. The van der Waals surface area contributed by atoms with Crippen LogP contribution in [-0.4, -0.2) is 34.5 Å². The zero-order valence-corrected chi connectivity index (χ0v) is 15.5. The molecule has 0 spiro atoms. The second-order valence-corrected chi connectivity index (χ2v) is 6.21. The van der Waals surface area contributed by atoms with Crippen LogP contribution in [0.3, 0.4) is 0 Å². The Bertz CT molecular complexity index is 1050. The van der Waals surface area contributed by atoms with Crippen LogP contribution < -0.4 is 16.2 Å². The van der Waals surface area contributed by atoms with E-state index in [1.165, 1.54) is 29.1 Å². The van der Waals surface area contributed by atoms with Crippen molar-refractivity contribution >= 4 is 11.8 Å². The van der Waals surface area contributed by atoms with Gasteiger partial charge in [-0.1, -0.05) is 18.2 Å². The Morgan fingerprint density at radius 2 is 1.72 bits per heavy atom. The van der Waals surface area contributed by atoms with Gasteiger partial charge in [0.1, 0.15) is 5.82 Å². The second-order valence-electron chi connectivity index (χ2n) is 6.21. The Balaban J connectivity index is 1.47. The van der Waals surface area contributed by atoms with Crippen molar-refractivity contribution in [2.45, 2.75) is 6.54 Å². The Kier molecular flexibility index (Phi) is 6.47. The molecule has 0 radical (unpaired) electrons. The summed E-state index contributed by atoms with van der Waals surface area (Å²) in [6, 6.07) is 15.6. The molecule has 1 heterocycles. The molecule has 2 aromatic carbocycles. The average Bonchev–Trinajstić information content (AvgIpc) is 2.74. The van der Waals surface area contributed by atoms with Crippen molar-refractivity contribution < 1.29 is 14.0 Å². The Labute approximate surface area is 166 Å². The van der Waals surface area contributed by atoms with E-state index in [2.05, 4.69) is 15.6 Å². The van der Waals surface area contributed by atoms with Crippen molar-refractivity contribution in [3.8, 4) is 11.3 Å². The number of hydrogen-bond acceptors (Lipinski definition) is 4. The lowest BCUT2D eigenvalue weighted by Crippen LogP contribution is -2.38. The Morgan fingerprint density at radius 3 is 2.41 bits per heavy atom. The third kappa shape index (κ3) is 5.58. The van der Waals surface area contributed by atoms with Gasteiger partial charge in [0, 0.05) is 30.3 Å².